The number of ether oxygens (including phenoxy) is 1. The number of likely N-dealkylation sites (tertiary alicyclic amines) is 1. The number of pyridine rings is 1. The number of nitrogens with zero attached hydrogens (tertiary/aromatic N) is 2. The first-order chi connectivity index (χ1) is 12.9. The molecule has 0 radical (unpaired) electrons. The van der Waals surface area contributed by atoms with E-state index in [4.69, 9.17) is 4.74 Å². The Labute approximate surface area is 156 Å². The fourth-order valence-electron chi connectivity index (χ4n) is 4.30. The van der Waals surface area contributed by atoms with Gasteiger partial charge < -0.3 is 20.1 Å². The van der Waals surface area contributed by atoms with Crippen molar-refractivity contribution in [1.29, 1.82) is 0 Å². The van der Waals surface area contributed by atoms with Gasteiger partial charge in [0.2, 0.25) is 5.79 Å². The first kappa shape index (κ1) is 18.2. The Kier molecular flexibility index (Phi) is 4.75. The summed E-state index contributed by atoms with van der Waals surface area (Å²) < 4.78 is 19.4. The fraction of sp³-hybridized carbons (Fsp3) is 0.450. The molecule has 144 valence electrons. The van der Waals surface area contributed by atoms with Crippen LogP contribution in [0.25, 0.3) is 0 Å². The van der Waals surface area contributed by atoms with Gasteiger partial charge in [0.25, 0.3) is 0 Å². The van der Waals surface area contributed by atoms with Crippen molar-refractivity contribution in [2.75, 3.05) is 19.6 Å². The quantitative estimate of drug-likeness (QED) is 0.695. The van der Waals surface area contributed by atoms with Gasteiger partial charge in [0.05, 0.1) is 11.9 Å². The van der Waals surface area contributed by atoms with Crippen LogP contribution in [-0.2, 0) is 0 Å². The Morgan fingerprint density at radius 1 is 1.19 bits per heavy atom. The summed E-state index contributed by atoms with van der Waals surface area (Å²) in [5.41, 5.74) is 0.518. The van der Waals surface area contributed by atoms with Gasteiger partial charge in [-0.3, -0.25) is 9.88 Å². The molecule has 3 N–H and O–H groups in total. The fourth-order valence-corrected chi connectivity index (χ4v) is 4.30. The number of aromatic nitrogens is 1. The minimum atomic E-state index is -1.35. The van der Waals surface area contributed by atoms with Crippen LogP contribution < -0.4 is 4.74 Å². The first-order valence-electron chi connectivity index (χ1n) is 9.13. The molecule has 2 fully saturated rings. The van der Waals surface area contributed by atoms with Crippen molar-refractivity contribution in [3.63, 3.8) is 0 Å². The number of para-hydroxylation sites is 1. The van der Waals surface area contributed by atoms with Gasteiger partial charge in [0.1, 0.15) is 11.9 Å². The molecule has 27 heavy (non-hydrogen) atoms. The van der Waals surface area contributed by atoms with Crippen LogP contribution in [0, 0.1) is 17.7 Å². The molecule has 1 aromatic carbocycles. The number of halogens is 1. The molecule has 0 spiro atoms. The normalized spacial score (nSPS) is 28.9. The summed E-state index contributed by atoms with van der Waals surface area (Å²) in [4.78, 5) is 6.20. The van der Waals surface area contributed by atoms with E-state index in [1.54, 1.807) is 18.2 Å². The van der Waals surface area contributed by atoms with Crippen LogP contribution in [0.1, 0.15) is 24.6 Å². The molecular formula is C20H23FN2O4. The minimum absolute atomic E-state index is 0.0655. The van der Waals surface area contributed by atoms with Crippen molar-refractivity contribution < 1.29 is 24.4 Å². The average molecular weight is 374 g/mol. The van der Waals surface area contributed by atoms with Crippen molar-refractivity contribution in [3.8, 4) is 11.5 Å². The molecule has 6 nitrogen and oxygen atoms in total. The second-order valence-corrected chi connectivity index (χ2v) is 7.58. The van der Waals surface area contributed by atoms with Crippen LogP contribution in [0.2, 0.25) is 0 Å². The summed E-state index contributed by atoms with van der Waals surface area (Å²) in [7, 11) is 0. The van der Waals surface area contributed by atoms with Gasteiger partial charge in [-0.2, -0.15) is 0 Å². The highest BCUT2D eigenvalue weighted by molar-refractivity contribution is 5.24. The number of benzene rings is 1. The predicted molar refractivity (Wildman–Crippen MR) is 95.5 cm³/mol. The van der Waals surface area contributed by atoms with Crippen molar-refractivity contribution in [3.05, 3.63) is 54.1 Å². The van der Waals surface area contributed by atoms with Crippen molar-refractivity contribution in [2.45, 2.75) is 24.7 Å². The summed E-state index contributed by atoms with van der Waals surface area (Å²) in [6.45, 7) is 1.92. The van der Waals surface area contributed by atoms with E-state index in [0.717, 1.165) is 13.1 Å². The number of aliphatic hydroxyl groups excluding tert-OH is 1. The Bertz CT molecular complexity index is 787. The van der Waals surface area contributed by atoms with Crippen LogP contribution in [0.4, 0.5) is 4.39 Å². The Morgan fingerprint density at radius 3 is 2.52 bits per heavy atom. The zero-order chi connectivity index (χ0) is 19.0. The zero-order valence-electron chi connectivity index (χ0n) is 14.8. The van der Waals surface area contributed by atoms with Crippen LogP contribution >= 0.6 is 0 Å². The number of β-amino-alcohol motifs (C(OH)–C–C–N with tert-alkyl or cyclic N) is 1. The van der Waals surface area contributed by atoms with Crippen LogP contribution in [0.15, 0.2) is 42.6 Å². The lowest BCUT2D eigenvalue weighted by Crippen LogP contribution is -2.36. The van der Waals surface area contributed by atoms with E-state index in [9.17, 15) is 19.7 Å². The van der Waals surface area contributed by atoms with Gasteiger partial charge in [-0.25, -0.2) is 4.39 Å². The average Bonchev–Trinajstić information content (AvgIpc) is 3.11. The van der Waals surface area contributed by atoms with Gasteiger partial charge in [-0.1, -0.05) is 12.1 Å². The molecule has 1 aliphatic carbocycles. The first-order valence-corrected chi connectivity index (χ1v) is 9.13. The van der Waals surface area contributed by atoms with E-state index < -0.39 is 17.7 Å². The third-order valence-corrected chi connectivity index (χ3v) is 5.49. The minimum Gasteiger partial charge on any atom is -0.506 e. The molecule has 2 aromatic rings. The molecule has 1 aliphatic heterocycles. The number of hydrogen-bond acceptors (Lipinski definition) is 6. The van der Waals surface area contributed by atoms with E-state index in [0.29, 0.717) is 25.1 Å². The molecule has 7 heteroatoms. The Balaban J connectivity index is 1.34. The molecule has 1 saturated carbocycles. The second kappa shape index (κ2) is 7.07. The lowest BCUT2D eigenvalue weighted by molar-refractivity contribution is -0.138. The zero-order valence-corrected chi connectivity index (χ0v) is 14.8. The van der Waals surface area contributed by atoms with E-state index in [1.807, 2.05) is 0 Å². The molecular weight excluding hydrogens is 351 g/mol. The van der Waals surface area contributed by atoms with Crippen LogP contribution in [0.3, 0.4) is 0 Å². The number of aromatic hydroxyl groups is 1. The molecule has 2 heterocycles. The summed E-state index contributed by atoms with van der Waals surface area (Å²) in [6, 6.07) is 9.21. The van der Waals surface area contributed by atoms with E-state index >= 15 is 0 Å². The molecule has 1 aromatic heterocycles. The molecule has 4 rings (SSSR count). The molecule has 1 unspecified atom stereocenters. The number of aliphatic hydroxyl groups is 2. The molecule has 0 amide bonds. The lowest BCUT2D eigenvalue weighted by Gasteiger charge is -2.27. The Morgan fingerprint density at radius 2 is 1.89 bits per heavy atom. The summed E-state index contributed by atoms with van der Waals surface area (Å²) in [6.07, 6.45) is 1.46. The highest BCUT2D eigenvalue weighted by atomic mass is 19.1. The number of fused-ring (bicyclic) bond motifs is 1. The van der Waals surface area contributed by atoms with Crippen molar-refractivity contribution >= 4 is 0 Å². The van der Waals surface area contributed by atoms with Crippen LogP contribution in [0.5, 0.6) is 11.5 Å². The molecule has 0 bridgehead atoms. The van der Waals surface area contributed by atoms with Crippen LogP contribution in [-0.4, -0.2) is 50.6 Å². The number of rotatable bonds is 5. The maximum Gasteiger partial charge on any atom is 0.208 e. The highest BCUT2D eigenvalue weighted by Crippen LogP contribution is 2.45. The second-order valence-electron chi connectivity index (χ2n) is 7.58. The smallest absolute Gasteiger partial charge is 0.208 e. The summed E-state index contributed by atoms with van der Waals surface area (Å²) in [5.74, 6) is -1.21. The Hall–Kier alpha value is -2.22. The monoisotopic (exact) mass is 374 g/mol. The largest absolute Gasteiger partial charge is 0.506 e. The van der Waals surface area contributed by atoms with Gasteiger partial charge in [-0.15, -0.1) is 0 Å². The van der Waals surface area contributed by atoms with E-state index in [1.165, 1.54) is 24.4 Å². The molecule has 2 aliphatic rings. The molecule has 4 atom stereocenters. The van der Waals surface area contributed by atoms with Gasteiger partial charge >= 0.3 is 0 Å². The SMILES string of the molecule is Oc1ccc([C@H](O)CN2C[C@@H]3CC(O)(Oc4ccccc4F)C[C@@H]3C2)nc1. The maximum absolute atomic E-state index is 13.8. The topological polar surface area (TPSA) is 86.1 Å². The van der Waals surface area contributed by atoms with E-state index in [-0.39, 0.29) is 23.3 Å². The number of hydrogen-bond donors (Lipinski definition) is 3. The standard InChI is InChI=1S/C20H23FN2O4/c21-16-3-1-2-4-19(16)27-20(26)7-13-10-23(11-14(13)8-20)12-18(25)17-6-5-15(24)9-22-17/h1-6,9,13-14,18,24-26H,7-8,10-12H2/t13-,14+,18-,20?/m1/s1. The summed E-state index contributed by atoms with van der Waals surface area (Å²) in [5, 5.41) is 30.4. The third-order valence-electron chi connectivity index (χ3n) is 5.49. The van der Waals surface area contributed by atoms with Gasteiger partial charge in [-0.05, 0) is 36.1 Å². The van der Waals surface area contributed by atoms with E-state index in [2.05, 4.69) is 9.88 Å². The highest BCUT2D eigenvalue weighted by Gasteiger charge is 2.50. The van der Waals surface area contributed by atoms with Crippen molar-refractivity contribution in [2.24, 2.45) is 11.8 Å². The summed E-state index contributed by atoms with van der Waals surface area (Å²) >= 11 is 0. The van der Waals surface area contributed by atoms with Crippen molar-refractivity contribution in [1.82, 2.24) is 9.88 Å². The van der Waals surface area contributed by atoms with Gasteiger partial charge in [0.15, 0.2) is 11.6 Å². The lowest BCUT2D eigenvalue weighted by atomic mass is 10.0. The molecule has 1 saturated heterocycles. The third kappa shape index (κ3) is 3.90. The maximum atomic E-state index is 13.8. The van der Waals surface area contributed by atoms with Gasteiger partial charge in [0, 0.05) is 32.5 Å². The predicted octanol–water partition coefficient (Wildman–Crippen LogP) is 2.07.